The summed E-state index contributed by atoms with van der Waals surface area (Å²) in [5, 5.41) is 19.8. The van der Waals surface area contributed by atoms with Crippen LogP contribution in [-0.2, 0) is 9.59 Å². The largest absolute Gasteiger partial charge is 0.324 e. The van der Waals surface area contributed by atoms with Crippen molar-refractivity contribution in [1.29, 1.82) is 0 Å². The summed E-state index contributed by atoms with van der Waals surface area (Å²) in [6.07, 6.45) is 1.80. The van der Waals surface area contributed by atoms with E-state index in [1.165, 1.54) is 36.0 Å². The van der Waals surface area contributed by atoms with Crippen LogP contribution in [-0.4, -0.2) is 27.9 Å². The molecule has 0 aromatic heterocycles. The second-order valence-electron chi connectivity index (χ2n) is 9.16. The maximum absolute atomic E-state index is 13.5. The number of hydrogen-bond donors (Lipinski definition) is 3. The van der Waals surface area contributed by atoms with Crippen molar-refractivity contribution in [3.63, 3.8) is 0 Å². The number of carbonyl (C=O) groups is 3. The highest BCUT2D eigenvalue weighted by molar-refractivity contribution is 8.00. The van der Waals surface area contributed by atoms with Gasteiger partial charge in [-0.15, -0.1) is 11.8 Å². The number of thioether (sulfide) groups is 1. The van der Waals surface area contributed by atoms with E-state index in [0.29, 0.717) is 28.4 Å². The van der Waals surface area contributed by atoms with Crippen molar-refractivity contribution in [2.24, 2.45) is 0 Å². The summed E-state index contributed by atoms with van der Waals surface area (Å²) in [7, 11) is 0. The van der Waals surface area contributed by atoms with Crippen LogP contribution in [0.5, 0.6) is 0 Å². The van der Waals surface area contributed by atoms with Crippen molar-refractivity contribution < 1.29 is 19.3 Å². The summed E-state index contributed by atoms with van der Waals surface area (Å²) in [6.45, 7) is 1.89. The van der Waals surface area contributed by atoms with E-state index in [2.05, 4.69) is 16.0 Å². The van der Waals surface area contributed by atoms with Gasteiger partial charge in [-0.25, -0.2) is 0 Å². The van der Waals surface area contributed by atoms with Gasteiger partial charge < -0.3 is 16.0 Å². The Morgan fingerprint density at radius 1 is 0.907 bits per heavy atom. The average Bonchev–Trinajstić information content (AvgIpc) is 3.01. The van der Waals surface area contributed by atoms with Gasteiger partial charge in [0.2, 0.25) is 5.91 Å². The molecule has 0 aliphatic carbocycles. The fraction of sp³-hybridized carbons (Fsp3) is 0.0938. The van der Waals surface area contributed by atoms with E-state index in [1.54, 1.807) is 78.9 Å². The summed E-state index contributed by atoms with van der Waals surface area (Å²) in [4.78, 5) is 51.1. The van der Waals surface area contributed by atoms with E-state index in [9.17, 15) is 24.5 Å². The Labute approximate surface area is 257 Å². The molecule has 43 heavy (non-hydrogen) atoms. The second kappa shape index (κ2) is 14.8. The van der Waals surface area contributed by atoms with Crippen molar-refractivity contribution in [1.82, 2.24) is 5.32 Å². The Balaban J connectivity index is 1.55. The molecule has 11 heteroatoms. The Kier molecular flexibility index (Phi) is 10.7. The average molecular weight is 615 g/mol. The van der Waals surface area contributed by atoms with Crippen LogP contribution < -0.4 is 16.0 Å². The molecule has 0 aliphatic rings. The fourth-order valence-corrected chi connectivity index (χ4v) is 5.18. The highest BCUT2D eigenvalue weighted by atomic mass is 35.5. The maximum atomic E-state index is 13.5. The molecule has 4 aromatic rings. The molecule has 4 rings (SSSR count). The van der Waals surface area contributed by atoms with E-state index in [1.807, 2.05) is 13.0 Å². The Bertz CT molecular complexity index is 1680. The molecule has 3 amide bonds. The Hall–Kier alpha value is -4.93. The number of halogens is 1. The number of hydrogen-bond acceptors (Lipinski definition) is 6. The summed E-state index contributed by atoms with van der Waals surface area (Å²) < 4.78 is 0. The van der Waals surface area contributed by atoms with Crippen molar-refractivity contribution in [2.45, 2.75) is 23.5 Å². The van der Waals surface area contributed by atoms with E-state index in [0.717, 1.165) is 4.90 Å². The number of nitrogens with one attached hydrogen (secondary N) is 3. The van der Waals surface area contributed by atoms with Crippen LogP contribution >= 0.6 is 23.4 Å². The first-order chi connectivity index (χ1) is 20.7. The number of nitrogens with zero attached hydrogens (tertiary/aromatic N) is 1. The summed E-state index contributed by atoms with van der Waals surface area (Å²) in [5.74, 6) is -1.46. The third-order valence-electron chi connectivity index (χ3n) is 6.13. The molecule has 218 valence electrons. The minimum atomic E-state index is -0.687. The summed E-state index contributed by atoms with van der Waals surface area (Å²) in [5.41, 5.74) is 0.963. The predicted molar refractivity (Wildman–Crippen MR) is 170 cm³/mol. The molecule has 0 heterocycles. The fourth-order valence-electron chi connectivity index (χ4n) is 3.98. The topological polar surface area (TPSA) is 130 Å². The lowest BCUT2D eigenvalue weighted by atomic mass is 10.1. The van der Waals surface area contributed by atoms with Gasteiger partial charge in [0.05, 0.1) is 26.4 Å². The molecule has 1 atom stereocenters. The highest BCUT2D eigenvalue weighted by Gasteiger charge is 2.21. The predicted octanol–water partition coefficient (Wildman–Crippen LogP) is 7.17. The Morgan fingerprint density at radius 2 is 1.60 bits per heavy atom. The molecule has 0 aliphatic heterocycles. The van der Waals surface area contributed by atoms with Gasteiger partial charge in [-0.3, -0.25) is 24.5 Å². The number of amides is 3. The van der Waals surface area contributed by atoms with Crippen molar-refractivity contribution in [2.75, 3.05) is 10.6 Å². The number of nitro groups is 1. The molecule has 0 fully saturated rings. The maximum Gasteiger partial charge on any atom is 0.276 e. The van der Waals surface area contributed by atoms with Crippen molar-refractivity contribution in [3.05, 3.63) is 135 Å². The van der Waals surface area contributed by atoms with Crippen molar-refractivity contribution >= 4 is 64.2 Å². The molecule has 0 saturated carbocycles. The summed E-state index contributed by atoms with van der Waals surface area (Å²) >= 11 is 7.51. The van der Waals surface area contributed by atoms with Gasteiger partial charge in [0.1, 0.15) is 5.70 Å². The minimum absolute atomic E-state index is 0.144. The third kappa shape index (κ3) is 8.54. The zero-order valence-corrected chi connectivity index (χ0v) is 24.5. The van der Waals surface area contributed by atoms with Gasteiger partial charge in [-0.05, 0) is 61.0 Å². The van der Waals surface area contributed by atoms with Crippen LogP contribution in [0.15, 0.2) is 114 Å². The monoisotopic (exact) mass is 614 g/mol. The van der Waals surface area contributed by atoms with Gasteiger partial charge >= 0.3 is 0 Å². The summed E-state index contributed by atoms with van der Waals surface area (Å²) in [6, 6.07) is 28.1. The van der Waals surface area contributed by atoms with Crippen LogP contribution in [0.25, 0.3) is 6.08 Å². The molecule has 0 radical (unpaired) electrons. The molecular formula is C32H27ClN4O5S. The van der Waals surface area contributed by atoms with Crippen LogP contribution in [0.2, 0.25) is 5.02 Å². The number of benzene rings is 4. The lowest BCUT2D eigenvalue weighted by Gasteiger charge is -2.16. The first-order valence-corrected chi connectivity index (χ1v) is 14.5. The zero-order chi connectivity index (χ0) is 30.8. The zero-order valence-electron chi connectivity index (χ0n) is 23.0. The number of para-hydroxylation sites is 2. The van der Waals surface area contributed by atoms with E-state index in [4.69, 9.17) is 11.6 Å². The molecule has 3 N–H and O–H groups in total. The third-order valence-corrected chi connectivity index (χ3v) is 7.81. The minimum Gasteiger partial charge on any atom is -0.324 e. The van der Waals surface area contributed by atoms with Gasteiger partial charge in [0.15, 0.2) is 0 Å². The van der Waals surface area contributed by atoms with E-state index in [-0.39, 0.29) is 22.9 Å². The van der Waals surface area contributed by atoms with Crippen molar-refractivity contribution in [3.8, 4) is 0 Å². The van der Waals surface area contributed by atoms with E-state index >= 15 is 0 Å². The second-order valence-corrected chi connectivity index (χ2v) is 10.8. The van der Waals surface area contributed by atoms with Gasteiger partial charge in [-0.2, -0.15) is 0 Å². The first kappa shape index (κ1) is 31.0. The normalized spacial score (nSPS) is 11.7. The van der Waals surface area contributed by atoms with Crippen LogP contribution in [0.4, 0.5) is 17.1 Å². The SMILES string of the molecule is CCC(Sc1cccc(NC(=O)/C(=C\c2ccccc2[N+](=O)[O-])NC(=O)c2ccccc2)c1)C(=O)Nc1ccccc1Cl. The van der Waals surface area contributed by atoms with E-state index < -0.39 is 22.0 Å². The number of carbonyl (C=O) groups excluding carboxylic acids is 3. The smallest absolute Gasteiger partial charge is 0.276 e. The molecule has 9 nitrogen and oxygen atoms in total. The molecule has 0 saturated heterocycles. The number of rotatable bonds is 11. The molecule has 4 aromatic carbocycles. The Morgan fingerprint density at radius 3 is 2.33 bits per heavy atom. The van der Waals surface area contributed by atoms with Gasteiger partial charge in [0.25, 0.3) is 17.5 Å². The lowest BCUT2D eigenvalue weighted by molar-refractivity contribution is -0.385. The lowest BCUT2D eigenvalue weighted by Crippen LogP contribution is -2.30. The highest BCUT2D eigenvalue weighted by Crippen LogP contribution is 2.30. The van der Waals surface area contributed by atoms with Crippen LogP contribution in [0.3, 0.4) is 0 Å². The standard InChI is InChI=1S/C32H27ClN4O5S/c1-2-29(32(40)35-26-17-8-7-16-25(26)33)43-24-15-10-14-23(20-24)34-31(39)27(36-30(38)21-11-4-3-5-12-21)19-22-13-6-9-18-28(22)37(41)42/h3-20,29H,2H2,1H3,(H,34,39)(H,35,40)(H,36,38)/b27-19+. The molecule has 0 bridgehead atoms. The molecular weight excluding hydrogens is 588 g/mol. The first-order valence-electron chi connectivity index (χ1n) is 13.2. The van der Waals surface area contributed by atoms with Crippen LogP contribution in [0, 0.1) is 10.1 Å². The quantitative estimate of drug-likeness (QED) is 0.0711. The number of nitro benzene ring substituents is 1. The molecule has 0 spiro atoms. The number of anilines is 2. The van der Waals surface area contributed by atoms with Gasteiger partial charge in [0, 0.05) is 22.2 Å². The van der Waals surface area contributed by atoms with Crippen LogP contribution in [0.1, 0.15) is 29.3 Å². The van der Waals surface area contributed by atoms with Gasteiger partial charge in [-0.1, -0.05) is 67.1 Å². The molecule has 1 unspecified atom stereocenters.